The van der Waals surface area contributed by atoms with Crippen molar-refractivity contribution in [3.63, 3.8) is 0 Å². The van der Waals surface area contributed by atoms with Crippen LogP contribution in [0.3, 0.4) is 0 Å². The van der Waals surface area contributed by atoms with Crippen molar-refractivity contribution >= 4 is 23.4 Å². The van der Waals surface area contributed by atoms with Crippen molar-refractivity contribution < 1.29 is 0 Å². The second-order valence-corrected chi connectivity index (χ2v) is 6.29. The molecule has 21 heavy (non-hydrogen) atoms. The molecular formula is C15H24ClN5. The molecule has 1 aromatic heterocycles. The molecule has 0 spiro atoms. The molecule has 2 fully saturated rings. The highest BCUT2D eigenvalue weighted by Gasteiger charge is 2.30. The van der Waals surface area contributed by atoms with Crippen molar-refractivity contribution in [2.45, 2.75) is 38.6 Å². The Morgan fingerprint density at radius 1 is 1.29 bits per heavy atom. The van der Waals surface area contributed by atoms with Crippen LogP contribution in [0, 0.1) is 0 Å². The maximum Gasteiger partial charge on any atom is 0.224 e. The Morgan fingerprint density at radius 3 is 2.86 bits per heavy atom. The van der Waals surface area contributed by atoms with E-state index in [0.717, 1.165) is 25.5 Å². The normalized spacial score (nSPS) is 23.5. The average Bonchev–Trinajstić information content (AvgIpc) is 3.00. The first-order chi connectivity index (χ1) is 10.3. The van der Waals surface area contributed by atoms with E-state index >= 15 is 0 Å². The average molecular weight is 310 g/mol. The Hall–Kier alpha value is -1.07. The van der Waals surface area contributed by atoms with Crippen LogP contribution in [0.2, 0.25) is 5.02 Å². The van der Waals surface area contributed by atoms with E-state index in [4.69, 9.17) is 11.6 Å². The Balaban J connectivity index is 1.68. The molecule has 5 nitrogen and oxygen atoms in total. The molecule has 2 aliphatic heterocycles. The molecule has 0 aliphatic carbocycles. The molecule has 1 atom stereocenters. The van der Waals surface area contributed by atoms with Gasteiger partial charge >= 0.3 is 0 Å². The molecule has 0 saturated carbocycles. The van der Waals surface area contributed by atoms with Gasteiger partial charge in [0.1, 0.15) is 5.02 Å². The lowest BCUT2D eigenvalue weighted by Crippen LogP contribution is -2.41. The van der Waals surface area contributed by atoms with Crippen LogP contribution in [0.25, 0.3) is 0 Å². The third-order valence-corrected chi connectivity index (χ3v) is 4.70. The van der Waals surface area contributed by atoms with E-state index in [2.05, 4.69) is 25.1 Å². The fourth-order valence-electron chi connectivity index (χ4n) is 3.34. The highest BCUT2D eigenvalue weighted by molar-refractivity contribution is 6.32. The van der Waals surface area contributed by atoms with Crippen LogP contribution in [0.1, 0.15) is 32.6 Å². The Labute approximate surface area is 131 Å². The lowest BCUT2D eigenvalue weighted by molar-refractivity contribution is 0.175. The van der Waals surface area contributed by atoms with Gasteiger partial charge in [0.05, 0.1) is 6.20 Å². The van der Waals surface area contributed by atoms with Gasteiger partial charge in [-0.15, -0.1) is 0 Å². The van der Waals surface area contributed by atoms with Crippen molar-refractivity contribution in [1.29, 1.82) is 0 Å². The summed E-state index contributed by atoms with van der Waals surface area (Å²) in [7, 11) is 0. The summed E-state index contributed by atoms with van der Waals surface area (Å²) in [6.45, 7) is 7.42. The molecule has 0 aromatic carbocycles. The van der Waals surface area contributed by atoms with Crippen LogP contribution >= 0.6 is 11.6 Å². The van der Waals surface area contributed by atoms with Gasteiger partial charge in [-0.25, -0.2) is 4.98 Å². The van der Waals surface area contributed by atoms with Gasteiger partial charge in [-0.2, -0.15) is 4.98 Å². The molecule has 3 heterocycles. The molecule has 0 bridgehead atoms. The third kappa shape index (κ3) is 3.40. The topological polar surface area (TPSA) is 44.3 Å². The number of aromatic nitrogens is 2. The third-order valence-electron chi connectivity index (χ3n) is 4.43. The molecule has 0 radical (unpaired) electrons. The highest BCUT2D eigenvalue weighted by atomic mass is 35.5. The quantitative estimate of drug-likeness (QED) is 0.926. The minimum absolute atomic E-state index is 0.649. The summed E-state index contributed by atoms with van der Waals surface area (Å²) in [6.07, 6.45) is 6.98. The van der Waals surface area contributed by atoms with Gasteiger partial charge in [0.25, 0.3) is 0 Å². The van der Waals surface area contributed by atoms with Gasteiger partial charge in [-0.3, -0.25) is 4.90 Å². The van der Waals surface area contributed by atoms with Gasteiger partial charge in [0.2, 0.25) is 5.95 Å². The van der Waals surface area contributed by atoms with Crippen LogP contribution in [0.5, 0.6) is 0 Å². The van der Waals surface area contributed by atoms with Crippen molar-refractivity contribution in [2.75, 3.05) is 42.9 Å². The smallest absolute Gasteiger partial charge is 0.224 e. The molecule has 116 valence electrons. The molecule has 3 rings (SSSR count). The lowest BCUT2D eigenvalue weighted by Gasteiger charge is -2.32. The summed E-state index contributed by atoms with van der Waals surface area (Å²) < 4.78 is 0. The van der Waals surface area contributed by atoms with Gasteiger partial charge in [0, 0.05) is 25.7 Å². The number of piperidine rings is 1. The zero-order valence-electron chi connectivity index (χ0n) is 12.7. The number of hydrogen-bond acceptors (Lipinski definition) is 5. The van der Waals surface area contributed by atoms with Crippen molar-refractivity contribution in [1.82, 2.24) is 14.9 Å². The number of hydrogen-bond donors (Lipinski definition) is 1. The number of nitrogens with zero attached hydrogens (tertiary/aromatic N) is 4. The second kappa shape index (κ2) is 6.79. The monoisotopic (exact) mass is 309 g/mol. The second-order valence-electron chi connectivity index (χ2n) is 5.88. The molecule has 1 aromatic rings. The van der Waals surface area contributed by atoms with Crippen LogP contribution in [-0.2, 0) is 0 Å². The van der Waals surface area contributed by atoms with Crippen molar-refractivity contribution in [2.24, 2.45) is 0 Å². The van der Waals surface area contributed by atoms with Crippen LogP contribution in [0.4, 0.5) is 11.8 Å². The van der Waals surface area contributed by atoms with Crippen LogP contribution in [-0.4, -0.2) is 53.6 Å². The molecule has 2 saturated heterocycles. The molecule has 2 aliphatic rings. The fraction of sp³-hybridized carbons (Fsp3) is 0.733. The van der Waals surface area contributed by atoms with E-state index in [9.17, 15) is 0 Å². The Morgan fingerprint density at radius 2 is 2.10 bits per heavy atom. The predicted octanol–water partition coefficient (Wildman–Crippen LogP) is 2.63. The van der Waals surface area contributed by atoms with E-state index in [0.29, 0.717) is 17.0 Å². The Kier molecular flexibility index (Phi) is 4.80. The summed E-state index contributed by atoms with van der Waals surface area (Å²) in [5.41, 5.74) is 0. The highest BCUT2D eigenvalue weighted by Crippen LogP contribution is 2.29. The van der Waals surface area contributed by atoms with E-state index in [1.54, 1.807) is 6.20 Å². The number of likely N-dealkylation sites (tertiary alicyclic amines) is 1. The maximum absolute atomic E-state index is 6.30. The number of anilines is 2. The van der Waals surface area contributed by atoms with Crippen molar-refractivity contribution in [3.05, 3.63) is 11.2 Å². The predicted molar refractivity (Wildman–Crippen MR) is 87.2 cm³/mol. The minimum Gasteiger partial charge on any atom is -0.354 e. The summed E-state index contributed by atoms with van der Waals surface area (Å²) in [5, 5.41) is 3.80. The van der Waals surface area contributed by atoms with Crippen LogP contribution < -0.4 is 10.2 Å². The van der Waals surface area contributed by atoms with E-state index in [-0.39, 0.29) is 0 Å². The first kappa shape index (κ1) is 14.9. The standard InChI is InChI=1S/C15H24ClN5/c1-2-17-15-18-10-13(16)14(19-15)21-9-6-12(11-21)20-7-4-3-5-8-20/h10,12H,2-9,11H2,1H3,(H,17,18,19). The zero-order chi connectivity index (χ0) is 14.7. The number of halogens is 1. The number of nitrogens with one attached hydrogen (secondary N) is 1. The Bertz CT molecular complexity index is 475. The summed E-state index contributed by atoms with van der Waals surface area (Å²) in [4.78, 5) is 13.7. The minimum atomic E-state index is 0.649. The van der Waals surface area contributed by atoms with Gasteiger partial charge < -0.3 is 10.2 Å². The maximum atomic E-state index is 6.30. The summed E-state index contributed by atoms with van der Waals surface area (Å²) >= 11 is 6.30. The summed E-state index contributed by atoms with van der Waals surface area (Å²) in [5.74, 6) is 1.54. The van der Waals surface area contributed by atoms with E-state index in [1.807, 2.05) is 6.92 Å². The zero-order valence-corrected chi connectivity index (χ0v) is 13.4. The molecule has 0 amide bonds. The lowest BCUT2D eigenvalue weighted by atomic mass is 10.1. The van der Waals surface area contributed by atoms with E-state index in [1.165, 1.54) is 38.8 Å². The van der Waals surface area contributed by atoms with Gasteiger partial charge in [0.15, 0.2) is 5.82 Å². The first-order valence-corrected chi connectivity index (χ1v) is 8.41. The molecule has 1 unspecified atom stereocenters. The fourth-order valence-corrected chi connectivity index (χ4v) is 3.55. The molecule has 6 heteroatoms. The largest absolute Gasteiger partial charge is 0.354 e. The molecule has 1 N–H and O–H groups in total. The summed E-state index contributed by atoms with van der Waals surface area (Å²) in [6, 6.07) is 0.652. The van der Waals surface area contributed by atoms with E-state index < -0.39 is 0 Å². The van der Waals surface area contributed by atoms with Gasteiger partial charge in [-0.05, 0) is 39.3 Å². The molecular weight excluding hydrogens is 286 g/mol. The first-order valence-electron chi connectivity index (χ1n) is 8.03. The van der Waals surface area contributed by atoms with Crippen LogP contribution in [0.15, 0.2) is 6.20 Å². The SMILES string of the molecule is CCNc1ncc(Cl)c(N2CCC(N3CCCCC3)C2)n1. The van der Waals surface area contributed by atoms with Gasteiger partial charge in [-0.1, -0.05) is 18.0 Å². The van der Waals surface area contributed by atoms with Crippen molar-refractivity contribution in [3.8, 4) is 0 Å². The number of rotatable bonds is 4.